The highest BCUT2D eigenvalue weighted by molar-refractivity contribution is 14.0. The van der Waals surface area contributed by atoms with Gasteiger partial charge in [-0.05, 0) is 43.8 Å². The minimum atomic E-state index is 0. The Bertz CT molecular complexity index is 406. The van der Waals surface area contributed by atoms with Crippen molar-refractivity contribution in [3.63, 3.8) is 0 Å². The SMILES string of the molecule is CC(NC1=NC[C@@H]2CCCCN12)c1ccns1.I. The third kappa shape index (κ3) is 2.79. The summed E-state index contributed by atoms with van der Waals surface area (Å²) < 4.78 is 4.15. The molecule has 1 aromatic heterocycles. The molecule has 1 N–H and O–H groups in total. The van der Waals surface area contributed by atoms with E-state index < -0.39 is 0 Å². The van der Waals surface area contributed by atoms with Gasteiger partial charge in [0.1, 0.15) is 0 Å². The van der Waals surface area contributed by atoms with Gasteiger partial charge < -0.3 is 10.2 Å². The van der Waals surface area contributed by atoms with Crippen LogP contribution in [0.25, 0.3) is 0 Å². The molecule has 1 unspecified atom stereocenters. The Balaban J connectivity index is 0.00000120. The van der Waals surface area contributed by atoms with Crippen molar-refractivity contribution in [3.8, 4) is 0 Å². The number of hydrogen-bond donors (Lipinski definition) is 1. The van der Waals surface area contributed by atoms with Crippen LogP contribution in [0.1, 0.15) is 37.1 Å². The molecule has 1 aromatic rings. The fourth-order valence-electron chi connectivity index (χ4n) is 2.59. The zero-order valence-corrected chi connectivity index (χ0v) is 13.6. The predicted molar refractivity (Wildman–Crippen MR) is 85.7 cm³/mol. The third-order valence-electron chi connectivity index (χ3n) is 3.58. The molecule has 0 radical (unpaired) electrons. The van der Waals surface area contributed by atoms with Gasteiger partial charge in [0.15, 0.2) is 5.96 Å². The van der Waals surface area contributed by atoms with Crippen molar-refractivity contribution in [1.82, 2.24) is 14.6 Å². The highest BCUT2D eigenvalue weighted by atomic mass is 127. The molecule has 3 heterocycles. The molecule has 2 aliphatic heterocycles. The predicted octanol–water partition coefficient (Wildman–Crippen LogP) is 2.64. The van der Waals surface area contributed by atoms with Gasteiger partial charge >= 0.3 is 0 Å². The summed E-state index contributed by atoms with van der Waals surface area (Å²) in [5, 5.41) is 3.53. The van der Waals surface area contributed by atoms with Gasteiger partial charge in [-0.1, -0.05) is 0 Å². The molecule has 0 amide bonds. The average molecular weight is 378 g/mol. The molecule has 18 heavy (non-hydrogen) atoms. The Morgan fingerprint density at radius 3 is 3.17 bits per heavy atom. The Labute approximate surface area is 129 Å². The van der Waals surface area contributed by atoms with Gasteiger partial charge in [-0.25, -0.2) is 4.37 Å². The maximum absolute atomic E-state index is 4.65. The van der Waals surface area contributed by atoms with Crippen LogP contribution < -0.4 is 5.32 Å². The van der Waals surface area contributed by atoms with Crippen molar-refractivity contribution in [3.05, 3.63) is 17.1 Å². The van der Waals surface area contributed by atoms with Gasteiger partial charge in [-0.15, -0.1) is 24.0 Å². The number of hydrogen-bond acceptors (Lipinski definition) is 5. The Morgan fingerprint density at radius 2 is 2.39 bits per heavy atom. The smallest absolute Gasteiger partial charge is 0.194 e. The molecule has 0 bridgehead atoms. The largest absolute Gasteiger partial charge is 0.349 e. The molecule has 1 saturated heterocycles. The van der Waals surface area contributed by atoms with Crippen LogP contribution in [0, 0.1) is 0 Å². The van der Waals surface area contributed by atoms with Gasteiger partial charge in [0, 0.05) is 17.6 Å². The van der Waals surface area contributed by atoms with E-state index >= 15 is 0 Å². The van der Waals surface area contributed by atoms with Gasteiger partial charge in [0.2, 0.25) is 0 Å². The maximum atomic E-state index is 4.65. The van der Waals surface area contributed by atoms with Gasteiger partial charge in [-0.3, -0.25) is 4.99 Å². The second kappa shape index (κ2) is 6.18. The van der Waals surface area contributed by atoms with Crippen molar-refractivity contribution < 1.29 is 0 Å². The first-order chi connectivity index (χ1) is 8.34. The number of guanidine groups is 1. The summed E-state index contributed by atoms with van der Waals surface area (Å²) in [5.74, 6) is 1.09. The number of aromatic nitrogens is 1. The summed E-state index contributed by atoms with van der Waals surface area (Å²) in [6.07, 6.45) is 5.81. The van der Waals surface area contributed by atoms with E-state index in [1.807, 2.05) is 6.20 Å². The molecule has 2 aliphatic rings. The highest BCUT2D eigenvalue weighted by Crippen LogP contribution is 2.23. The first kappa shape index (κ1) is 14.0. The second-order valence-corrected chi connectivity index (χ2v) is 5.65. The van der Waals surface area contributed by atoms with Crippen LogP contribution >= 0.6 is 35.5 Å². The molecule has 0 spiro atoms. The topological polar surface area (TPSA) is 40.5 Å². The third-order valence-corrected chi connectivity index (χ3v) is 4.51. The van der Waals surface area contributed by atoms with Crippen LogP contribution in [0.3, 0.4) is 0 Å². The molecular weight excluding hydrogens is 359 g/mol. The monoisotopic (exact) mass is 378 g/mol. The van der Waals surface area contributed by atoms with Crippen molar-refractivity contribution in [1.29, 1.82) is 0 Å². The van der Waals surface area contributed by atoms with E-state index in [1.165, 1.54) is 24.1 Å². The van der Waals surface area contributed by atoms with Crippen molar-refractivity contribution >= 4 is 41.5 Å². The molecule has 1 fully saturated rings. The van der Waals surface area contributed by atoms with Crippen LogP contribution in [0.2, 0.25) is 0 Å². The number of piperidine rings is 1. The van der Waals surface area contributed by atoms with Crippen LogP contribution in [-0.4, -0.2) is 34.4 Å². The summed E-state index contributed by atoms with van der Waals surface area (Å²) in [6, 6.07) is 3.03. The van der Waals surface area contributed by atoms with E-state index in [4.69, 9.17) is 0 Å². The molecule has 6 heteroatoms. The zero-order valence-electron chi connectivity index (χ0n) is 10.5. The molecule has 0 aliphatic carbocycles. The number of nitrogens with zero attached hydrogens (tertiary/aromatic N) is 3. The van der Waals surface area contributed by atoms with E-state index in [-0.39, 0.29) is 24.0 Å². The molecule has 2 atom stereocenters. The summed E-state index contributed by atoms with van der Waals surface area (Å²) in [4.78, 5) is 8.36. The summed E-state index contributed by atoms with van der Waals surface area (Å²) in [5.41, 5.74) is 0. The lowest BCUT2D eigenvalue weighted by Crippen LogP contribution is -2.46. The minimum Gasteiger partial charge on any atom is -0.349 e. The first-order valence-electron chi connectivity index (χ1n) is 6.33. The number of aliphatic imine (C=N–C) groups is 1. The lowest BCUT2D eigenvalue weighted by molar-refractivity contribution is 0.261. The number of rotatable bonds is 2. The quantitative estimate of drug-likeness (QED) is 0.805. The summed E-state index contributed by atoms with van der Waals surface area (Å²) >= 11 is 1.56. The fourth-order valence-corrected chi connectivity index (χ4v) is 3.18. The Morgan fingerprint density at radius 1 is 1.50 bits per heavy atom. The van der Waals surface area contributed by atoms with E-state index in [9.17, 15) is 0 Å². The number of fused-ring (bicyclic) bond motifs is 1. The van der Waals surface area contributed by atoms with Crippen LogP contribution in [0.5, 0.6) is 0 Å². The van der Waals surface area contributed by atoms with Gasteiger partial charge in [0.25, 0.3) is 0 Å². The Kier molecular flexibility index (Phi) is 4.83. The summed E-state index contributed by atoms with van der Waals surface area (Å²) in [6.45, 7) is 4.30. The van der Waals surface area contributed by atoms with Crippen LogP contribution in [-0.2, 0) is 0 Å². The Hall–Kier alpha value is -0.370. The lowest BCUT2D eigenvalue weighted by atomic mass is 10.0. The van der Waals surface area contributed by atoms with Crippen LogP contribution in [0.15, 0.2) is 17.3 Å². The average Bonchev–Trinajstić information content (AvgIpc) is 2.98. The lowest BCUT2D eigenvalue weighted by Gasteiger charge is -2.33. The van der Waals surface area contributed by atoms with E-state index in [2.05, 4.69) is 32.6 Å². The molecule has 0 saturated carbocycles. The molecule has 4 nitrogen and oxygen atoms in total. The van der Waals surface area contributed by atoms with E-state index in [1.54, 1.807) is 11.5 Å². The first-order valence-corrected chi connectivity index (χ1v) is 7.10. The fraction of sp³-hybridized carbons (Fsp3) is 0.667. The zero-order chi connectivity index (χ0) is 11.7. The standard InChI is InChI=1S/C12H18N4S.HI/c1-9(11-5-6-14-17-11)15-12-13-8-10-4-2-3-7-16(10)12;/h5-6,9-10H,2-4,7-8H2,1H3,(H,13,15);1H/t9?,10-;/m0./s1. The maximum Gasteiger partial charge on any atom is 0.194 e. The van der Waals surface area contributed by atoms with E-state index in [0.29, 0.717) is 12.1 Å². The molecule has 0 aromatic carbocycles. The summed E-state index contributed by atoms with van der Waals surface area (Å²) in [7, 11) is 0. The number of halogens is 1. The van der Waals surface area contributed by atoms with Crippen LogP contribution in [0.4, 0.5) is 0 Å². The molecule has 3 rings (SSSR count). The van der Waals surface area contributed by atoms with Gasteiger partial charge in [-0.2, -0.15) is 0 Å². The van der Waals surface area contributed by atoms with Crippen molar-refractivity contribution in [2.24, 2.45) is 4.99 Å². The van der Waals surface area contributed by atoms with Gasteiger partial charge in [0.05, 0.1) is 18.6 Å². The normalized spacial score (nSPS) is 23.9. The van der Waals surface area contributed by atoms with Crippen molar-refractivity contribution in [2.75, 3.05) is 13.1 Å². The van der Waals surface area contributed by atoms with Crippen molar-refractivity contribution in [2.45, 2.75) is 38.3 Å². The number of nitrogens with one attached hydrogen (secondary N) is 1. The molecular formula is C12H19IN4S. The highest BCUT2D eigenvalue weighted by Gasteiger charge is 2.30. The van der Waals surface area contributed by atoms with E-state index in [0.717, 1.165) is 19.0 Å². The second-order valence-electron chi connectivity index (χ2n) is 4.79. The molecule has 100 valence electrons. The minimum absolute atomic E-state index is 0.